The van der Waals surface area contributed by atoms with Gasteiger partial charge in [0, 0.05) is 18.7 Å². The number of ether oxygens (including phenoxy) is 1. The molecule has 1 aliphatic rings. The summed E-state index contributed by atoms with van der Waals surface area (Å²) >= 11 is 5.68. The summed E-state index contributed by atoms with van der Waals surface area (Å²) in [7, 11) is 0. The Morgan fingerprint density at radius 3 is 2.95 bits per heavy atom. The lowest BCUT2D eigenvalue weighted by Gasteiger charge is -2.16. The van der Waals surface area contributed by atoms with Crippen molar-refractivity contribution in [2.24, 2.45) is 5.92 Å². The van der Waals surface area contributed by atoms with Crippen molar-refractivity contribution >= 4 is 29.2 Å². The fourth-order valence-electron chi connectivity index (χ4n) is 2.03. The number of anilines is 1. The second-order valence-electron chi connectivity index (χ2n) is 4.26. The average Bonchev–Trinajstić information content (AvgIpc) is 2.75. The molecule has 19 heavy (non-hydrogen) atoms. The maximum Gasteiger partial charge on any atom is 0.311 e. The first-order chi connectivity index (χ1) is 9.02. The second-order valence-corrected chi connectivity index (χ2v) is 4.66. The molecule has 4 nitrogen and oxygen atoms in total. The van der Waals surface area contributed by atoms with Crippen LogP contribution in [0.4, 0.5) is 10.1 Å². The summed E-state index contributed by atoms with van der Waals surface area (Å²) in [6.07, 6.45) is 0.105. The monoisotopic (exact) mass is 285 g/mol. The van der Waals surface area contributed by atoms with Crippen molar-refractivity contribution in [2.45, 2.75) is 13.3 Å². The number of esters is 1. The number of hydrogen-bond acceptors (Lipinski definition) is 3. The van der Waals surface area contributed by atoms with Crippen LogP contribution in [0, 0.1) is 11.7 Å². The van der Waals surface area contributed by atoms with Crippen molar-refractivity contribution in [3.05, 3.63) is 29.0 Å². The molecule has 0 aromatic heterocycles. The lowest BCUT2D eigenvalue weighted by Crippen LogP contribution is -2.26. The Kier molecular flexibility index (Phi) is 4.04. The quantitative estimate of drug-likeness (QED) is 0.801. The average molecular weight is 286 g/mol. The predicted octanol–water partition coefficient (Wildman–Crippen LogP) is 2.40. The standard InChI is InChI=1S/C13H13ClFNO3/c1-2-19-13(18)8-5-12(17)16(7-8)9-3-4-11(15)10(14)6-9/h3-4,6,8H,2,5,7H2,1H3/t8-/m1/s1. The van der Waals surface area contributed by atoms with Gasteiger partial charge in [-0.05, 0) is 25.1 Å². The second kappa shape index (κ2) is 5.57. The van der Waals surface area contributed by atoms with E-state index in [1.165, 1.54) is 23.1 Å². The minimum atomic E-state index is -0.543. The van der Waals surface area contributed by atoms with Crippen LogP contribution in [0.25, 0.3) is 0 Å². The first-order valence-electron chi connectivity index (χ1n) is 5.95. The number of halogens is 2. The van der Waals surface area contributed by atoms with Crippen LogP contribution in [0.15, 0.2) is 18.2 Å². The fraction of sp³-hybridized carbons (Fsp3) is 0.385. The minimum Gasteiger partial charge on any atom is -0.466 e. The third-order valence-corrected chi connectivity index (χ3v) is 3.25. The number of hydrogen-bond donors (Lipinski definition) is 0. The molecule has 1 aromatic carbocycles. The van der Waals surface area contributed by atoms with Gasteiger partial charge in [0.1, 0.15) is 5.82 Å². The van der Waals surface area contributed by atoms with Crippen LogP contribution in [0.1, 0.15) is 13.3 Å². The third-order valence-electron chi connectivity index (χ3n) is 2.96. The maximum absolute atomic E-state index is 13.1. The van der Waals surface area contributed by atoms with Crippen molar-refractivity contribution in [1.29, 1.82) is 0 Å². The molecule has 1 fully saturated rings. The molecule has 1 amide bonds. The largest absolute Gasteiger partial charge is 0.466 e. The molecule has 1 aromatic rings. The number of carbonyl (C=O) groups excluding carboxylic acids is 2. The van der Waals surface area contributed by atoms with Crippen LogP contribution >= 0.6 is 11.6 Å². The molecule has 0 saturated carbocycles. The Morgan fingerprint density at radius 1 is 1.58 bits per heavy atom. The summed E-state index contributed by atoms with van der Waals surface area (Å²) in [5.41, 5.74) is 0.489. The molecule has 1 aliphatic heterocycles. The molecule has 1 saturated heterocycles. The van der Waals surface area contributed by atoms with Crippen LogP contribution in [0.2, 0.25) is 5.02 Å². The van der Waals surface area contributed by atoms with Gasteiger partial charge in [-0.15, -0.1) is 0 Å². The first kappa shape index (κ1) is 13.8. The molecule has 0 bridgehead atoms. The zero-order chi connectivity index (χ0) is 14.0. The maximum atomic E-state index is 13.1. The van der Waals surface area contributed by atoms with E-state index in [-0.39, 0.29) is 36.5 Å². The number of nitrogens with zero attached hydrogens (tertiary/aromatic N) is 1. The summed E-state index contributed by atoms with van der Waals surface area (Å²) in [5, 5.41) is -0.0510. The van der Waals surface area contributed by atoms with E-state index in [1.807, 2.05) is 0 Å². The summed E-state index contributed by atoms with van der Waals surface area (Å²) in [6.45, 7) is 2.23. The van der Waals surface area contributed by atoms with Gasteiger partial charge in [0.25, 0.3) is 0 Å². The Balaban J connectivity index is 2.15. The van der Waals surface area contributed by atoms with Gasteiger partial charge in [-0.25, -0.2) is 4.39 Å². The van der Waals surface area contributed by atoms with E-state index in [0.29, 0.717) is 5.69 Å². The van der Waals surface area contributed by atoms with Crippen molar-refractivity contribution in [2.75, 3.05) is 18.1 Å². The van der Waals surface area contributed by atoms with E-state index < -0.39 is 11.7 Å². The molecule has 6 heteroatoms. The molecule has 0 N–H and O–H groups in total. The lowest BCUT2D eigenvalue weighted by molar-refractivity contribution is -0.147. The van der Waals surface area contributed by atoms with Gasteiger partial charge in [-0.2, -0.15) is 0 Å². The van der Waals surface area contributed by atoms with Crippen molar-refractivity contribution < 1.29 is 18.7 Å². The van der Waals surface area contributed by atoms with E-state index in [9.17, 15) is 14.0 Å². The zero-order valence-corrected chi connectivity index (χ0v) is 11.1. The SMILES string of the molecule is CCOC(=O)[C@@H]1CC(=O)N(c2ccc(F)c(Cl)c2)C1. The molecule has 1 atom stereocenters. The van der Waals surface area contributed by atoms with Crippen LogP contribution in [-0.2, 0) is 14.3 Å². The molecular weight excluding hydrogens is 273 g/mol. The van der Waals surface area contributed by atoms with Gasteiger partial charge in [0.15, 0.2) is 0 Å². The molecule has 0 spiro atoms. The van der Waals surface area contributed by atoms with Crippen molar-refractivity contribution in [3.8, 4) is 0 Å². The lowest BCUT2D eigenvalue weighted by atomic mass is 10.1. The number of carbonyl (C=O) groups is 2. The normalized spacial score (nSPS) is 18.8. The fourth-order valence-corrected chi connectivity index (χ4v) is 2.20. The Morgan fingerprint density at radius 2 is 2.32 bits per heavy atom. The van der Waals surface area contributed by atoms with E-state index in [1.54, 1.807) is 6.92 Å². The topological polar surface area (TPSA) is 46.6 Å². The molecule has 0 aliphatic carbocycles. The molecule has 0 radical (unpaired) electrons. The van der Waals surface area contributed by atoms with Gasteiger partial charge in [-0.3, -0.25) is 9.59 Å². The van der Waals surface area contributed by atoms with E-state index in [0.717, 1.165) is 0 Å². The zero-order valence-electron chi connectivity index (χ0n) is 10.4. The number of amides is 1. The van der Waals surface area contributed by atoms with E-state index >= 15 is 0 Å². The third kappa shape index (κ3) is 2.87. The molecule has 102 valence electrons. The highest BCUT2D eigenvalue weighted by molar-refractivity contribution is 6.31. The predicted molar refractivity (Wildman–Crippen MR) is 68.5 cm³/mol. The Bertz CT molecular complexity index is 521. The highest BCUT2D eigenvalue weighted by Gasteiger charge is 2.36. The van der Waals surface area contributed by atoms with Crippen LogP contribution in [0.3, 0.4) is 0 Å². The first-order valence-corrected chi connectivity index (χ1v) is 6.32. The summed E-state index contributed by atoms with van der Waals surface area (Å²) in [5.74, 6) is -1.59. The van der Waals surface area contributed by atoms with Gasteiger partial charge < -0.3 is 9.64 Å². The molecule has 2 rings (SSSR count). The Labute approximate surface area is 115 Å². The van der Waals surface area contributed by atoms with E-state index in [2.05, 4.69) is 0 Å². The van der Waals surface area contributed by atoms with Gasteiger partial charge in [0.2, 0.25) is 5.91 Å². The highest BCUT2D eigenvalue weighted by Crippen LogP contribution is 2.28. The van der Waals surface area contributed by atoms with Gasteiger partial charge in [0.05, 0.1) is 17.5 Å². The molecular formula is C13H13ClFNO3. The number of rotatable bonds is 3. The molecule has 1 heterocycles. The van der Waals surface area contributed by atoms with Crippen LogP contribution < -0.4 is 4.90 Å². The Hall–Kier alpha value is -1.62. The summed E-state index contributed by atoms with van der Waals surface area (Å²) in [4.78, 5) is 24.9. The van der Waals surface area contributed by atoms with Crippen molar-refractivity contribution in [1.82, 2.24) is 0 Å². The molecule has 0 unspecified atom stereocenters. The summed E-state index contributed by atoms with van der Waals surface area (Å²) < 4.78 is 18.0. The minimum absolute atomic E-state index is 0.0510. The summed E-state index contributed by atoms with van der Waals surface area (Å²) in [6, 6.07) is 4.04. The van der Waals surface area contributed by atoms with E-state index in [4.69, 9.17) is 16.3 Å². The van der Waals surface area contributed by atoms with Gasteiger partial charge in [-0.1, -0.05) is 11.6 Å². The van der Waals surface area contributed by atoms with Gasteiger partial charge >= 0.3 is 5.97 Å². The van der Waals surface area contributed by atoms with Crippen LogP contribution in [0.5, 0.6) is 0 Å². The van der Waals surface area contributed by atoms with Crippen molar-refractivity contribution in [3.63, 3.8) is 0 Å². The highest BCUT2D eigenvalue weighted by atomic mass is 35.5. The van der Waals surface area contributed by atoms with Crippen LogP contribution in [-0.4, -0.2) is 25.0 Å². The smallest absolute Gasteiger partial charge is 0.311 e. The number of benzene rings is 1.